The van der Waals surface area contributed by atoms with E-state index < -0.39 is 0 Å². The van der Waals surface area contributed by atoms with Crippen molar-refractivity contribution in [2.24, 2.45) is 5.73 Å². The predicted octanol–water partition coefficient (Wildman–Crippen LogP) is 1.91. The second-order valence-corrected chi connectivity index (χ2v) is 4.68. The topological polar surface area (TPSA) is 48.1 Å². The molecule has 78 valence electrons. The first-order chi connectivity index (χ1) is 6.74. The predicted molar refractivity (Wildman–Crippen MR) is 62.5 cm³/mol. The van der Waals surface area contributed by atoms with Gasteiger partial charge in [0, 0.05) is 29.6 Å². The van der Waals surface area contributed by atoms with Crippen LogP contribution in [0.3, 0.4) is 0 Å². The number of rotatable bonds is 5. The van der Waals surface area contributed by atoms with Gasteiger partial charge < -0.3 is 10.5 Å². The maximum atomic E-state index is 5.79. The van der Waals surface area contributed by atoms with E-state index in [2.05, 4.69) is 20.9 Å². The van der Waals surface area contributed by atoms with Gasteiger partial charge in [0.1, 0.15) is 5.03 Å². The van der Waals surface area contributed by atoms with E-state index in [4.69, 9.17) is 10.5 Å². The summed E-state index contributed by atoms with van der Waals surface area (Å²) in [6.07, 6.45) is 1.77. The molecule has 1 unspecified atom stereocenters. The third-order valence-electron chi connectivity index (χ3n) is 1.54. The van der Waals surface area contributed by atoms with Crippen molar-refractivity contribution in [3.8, 4) is 0 Å². The molecule has 0 bridgehead atoms. The SMILES string of the molecule is COCC(N)CSc1ncccc1Br. The summed E-state index contributed by atoms with van der Waals surface area (Å²) in [5.74, 6) is 0.809. The molecule has 0 radical (unpaired) electrons. The van der Waals surface area contributed by atoms with E-state index in [0.29, 0.717) is 6.61 Å². The van der Waals surface area contributed by atoms with Crippen molar-refractivity contribution >= 4 is 27.7 Å². The summed E-state index contributed by atoms with van der Waals surface area (Å²) in [5, 5.41) is 0.971. The Morgan fingerprint density at radius 1 is 1.71 bits per heavy atom. The van der Waals surface area contributed by atoms with Crippen molar-refractivity contribution < 1.29 is 4.74 Å². The fourth-order valence-corrected chi connectivity index (χ4v) is 2.33. The van der Waals surface area contributed by atoms with Crippen LogP contribution >= 0.6 is 27.7 Å². The Morgan fingerprint density at radius 3 is 3.14 bits per heavy atom. The minimum Gasteiger partial charge on any atom is -0.383 e. The highest BCUT2D eigenvalue weighted by atomic mass is 79.9. The van der Waals surface area contributed by atoms with Crippen LogP contribution in [-0.4, -0.2) is 30.5 Å². The van der Waals surface area contributed by atoms with Gasteiger partial charge >= 0.3 is 0 Å². The third kappa shape index (κ3) is 3.96. The van der Waals surface area contributed by atoms with Gasteiger partial charge in [0.2, 0.25) is 0 Å². The lowest BCUT2D eigenvalue weighted by atomic mass is 10.4. The molecule has 14 heavy (non-hydrogen) atoms. The first-order valence-electron chi connectivity index (χ1n) is 4.22. The van der Waals surface area contributed by atoms with E-state index in [9.17, 15) is 0 Å². The van der Waals surface area contributed by atoms with Gasteiger partial charge in [-0.3, -0.25) is 0 Å². The van der Waals surface area contributed by atoms with E-state index >= 15 is 0 Å². The largest absolute Gasteiger partial charge is 0.383 e. The summed E-state index contributed by atoms with van der Waals surface area (Å²) < 4.78 is 5.96. The molecule has 0 saturated heterocycles. The first kappa shape index (κ1) is 12.0. The minimum absolute atomic E-state index is 0.0545. The molecule has 1 heterocycles. The van der Waals surface area contributed by atoms with Crippen LogP contribution in [0, 0.1) is 0 Å². The average molecular weight is 277 g/mol. The Balaban J connectivity index is 2.41. The van der Waals surface area contributed by atoms with Crippen molar-refractivity contribution in [3.05, 3.63) is 22.8 Å². The van der Waals surface area contributed by atoms with Gasteiger partial charge in [-0.05, 0) is 28.1 Å². The summed E-state index contributed by atoms with van der Waals surface area (Å²) in [6.45, 7) is 0.581. The lowest BCUT2D eigenvalue weighted by Crippen LogP contribution is -2.28. The fourth-order valence-electron chi connectivity index (χ4n) is 0.926. The average Bonchev–Trinajstić information content (AvgIpc) is 2.17. The van der Waals surface area contributed by atoms with Crippen molar-refractivity contribution in [2.45, 2.75) is 11.1 Å². The van der Waals surface area contributed by atoms with Gasteiger partial charge in [-0.1, -0.05) is 0 Å². The second kappa shape index (κ2) is 6.40. The normalized spacial score (nSPS) is 12.8. The zero-order chi connectivity index (χ0) is 10.4. The number of methoxy groups -OCH3 is 1. The number of nitrogens with zero attached hydrogens (tertiary/aromatic N) is 1. The van der Waals surface area contributed by atoms with Gasteiger partial charge in [-0.15, -0.1) is 11.8 Å². The molecule has 1 aromatic rings. The Hall–Kier alpha value is -0.100. The molecule has 2 N–H and O–H groups in total. The van der Waals surface area contributed by atoms with E-state index in [-0.39, 0.29) is 6.04 Å². The Morgan fingerprint density at radius 2 is 2.50 bits per heavy atom. The minimum atomic E-state index is 0.0545. The lowest BCUT2D eigenvalue weighted by molar-refractivity contribution is 0.186. The molecule has 0 aliphatic heterocycles. The quantitative estimate of drug-likeness (QED) is 0.835. The molecule has 0 aromatic carbocycles. The van der Waals surface area contributed by atoms with E-state index in [1.54, 1.807) is 25.1 Å². The van der Waals surface area contributed by atoms with Crippen LogP contribution in [-0.2, 0) is 4.74 Å². The summed E-state index contributed by atoms with van der Waals surface area (Å²) in [4.78, 5) is 4.23. The maximum absolute atomic E-state index is 5.79. The van der Waals surface area contributed by atoms with Crippen molar-refractivity contribution in [1.29, 1.82) is 0 Å². The highest BCUT2D eigenvalue weighted by Gasteiger charge is 2.05. The van der Waals surface area contributed by atoms with Gasteiger partial charge in [0.05, 0.1) is 6.61 Å². The Kier molecular flexibility index (Phi) is 5.47. The van der Waals surface area contributed by atoms with Crippen LogP contribution in [0.1, 0.15) is 0 Å². The van der Waals surface area contributed by atoms with Crippen LogP contribution in [0.25, 0.3) is 0 Å². The second-order valence-electron chi connectivity index (χ2n) is 2.82. The highest BCUT2D eigenvalue weighted by Crippen LogP contribution is 2.24. The number of hydrogen-bond acceptors (Lipinski definition) is 4. The molecule has 1 aromatic heterocycles. The van der Waals surface area contributed by atoms with Gasteiger partial charge in [0.25, 0.3) is 0 Å². The van der Waals surface area contributed by atoms with Crippen molar-refractivity contribution in [3.63, 3.8) is 0 Å². The van der Waals surface area contributed by atoms with Crippen LogP contribution in [0.2, 0.25) is 0 Å². The molecule has 1 rings (SSSR count). The summed E-state index contributed by atoms with van der Waals surface area (Å²) >= 11 is 5.06. The van der Waals surface area contributed by atoms with Crippen LogP contribution in [0.5, 0.6) is 0 Å². The molecule has 1 atom stereocenters. The highest BCUT2D eigenvalue weighted by molar-refractivity contribution is 9.10. The smallest absolute Gasteiger partial charge is 0.110 e. The number of ether oxygens (including phenoxy) is 1. The number of aromatic nitrogens is 1. The summed E-state index contributed by atoms with van der Waals surface area (Å²) in [7, 11) is 1.65. The van der Waals surface area contributed by atoms with Gasteiger partial charge in [-0.25, -0.2) is 4.98 Å². The molecule has 0 aliphatic rings. The lowest BCUT2D eigenvalue weighted by Gasteiger charge is -2.09. The number of halogens is 1. The molecular formula is C9H13BrN2OS. The van der Waals surface area contributed by atoms with Gasteiger partial charge in [0.15, 0.2) is 0 Å². The van der Waals surface area contributed by atoms with E-state index in [1.807, 2.05) is 12.1 Å². The zero-order valence-electron chi connectivity index (χ0n) is 7.94. The Bertz CT molecular complexity index is 285. The number of pyridine rings is 1. The maximum Gasteiger partial charge on any atom is 0.110 e. The molecule has 0 saturated carbocycles. The van der Waals surface area contributed by atoms with Crippen LogP contribution < -0.4 is 5.73 Å². The molecule has 3 nitrogen and oxygen atoms in total. The summed E-state index contributed by atoms with van der Waals surface area (Å²) in [6, 6.07) is 3.92. The molecule has 5 heteroatoms. The summed E-state index contributed by atoms with van der Waals surface area (Å²) in [5.41, 5.74) is 5.79. The molecule has 0 aliphatic carbocycles. The number of nitrogens with two attached hydrogens (primary N) is 1. The standard InChI is InChI=1S/C9H13BrN2OS/c1-13-5-7(11)6-14-9-8(10)3-2-4-12-9/h2-4,7H,5-6,11H2,1H3. The molecular weight excluding hydrogens is 264 g/mol. The van der Waals surface area contributed by atoms with E-state index in [0.717, 1.165) is 15.3 Å². The van der Waals surface area contributed by atoms with Crippen LogP contribution in [0.4, 0.5) is 0 Å². The molecule has 0 fully saturated rings. The van der Waals surface area contributed by atoms with Crippen molar-refractivity contribution in [1.82, 2.24) is 4.98 Å². The number of hydrogen-bond donors (Lipinski definition) is 1. The van der Waals surface area contributed by atoms with Crippen LogP contribution in [0.15, 0.2) is 27.8 Å². The Labute approximate surface area is 96.6 Å². The molecule has 0 spiro atoms. The zero-order valence-corrected chi connectivity index (χ0v) is 10.3. The fraction of sp³-hybridized carbons (Fsp3) is 0.444. The first-order valence-corrected chi connectivity index (χ1v) is 5.99. The van der Waals surface area contributed by atoms with E-state index in [1.165, 1.54) is 0 Å². The monoisotopic (exact) mass is 276 g/mol. The van der Waals surface area contributed by atoms with Gasteiger partial charge in [-0.2, -0.15) is 0 Å². The third-order valence-corrected chi connectivity index (χ3v) is 3.64. The molecule has 0 amide bonds. The van der Waals surface area contributed by atoms with Crippen molar-refractivity contribution in [2.75, 3.05) is 19.5 Å². The number of thioether (sulfide) groups is 1.